The molecule has 3 heterocycles. The summed E-state index contributed by atoms with van der Waals surface area (Å²) in [5.41, 5.74) is 8.46. The highest BCUT2D eigenvalue weighted by Gasteiger charge is 2.41. The van der Waals surface area contributed by atoms with Gasteiger partial charge in [-0.25, -0.2) is 14.8 Å². The number of nitrogens with zero attached hydrogens (tertiary/aromatic N) is 4. The number of aryl methyl sites for hydroxylation is 1. The maximum absolute atomic E-state index is 12.3. The van der Waals surface area contributed by atoms with E-state index in [1.165, 1.54) is 11.9 Å². The minimum atomic E-state index is -1.20. The van der Waals surface area contributed by atoms with Crippen LogP contribution in [0.4, 0.5) is 16.3 Å². The fourth-order valence-electron chi connectivity index (χ4n) is 4.54. The van der Waals surface area contributed by atoms with Crippen molar-refractivity contribution >= 4 is 28.6 Å². The summed E-state index contributed by atoms with van der Waals surface area (Å²) in [6.45, 7) is 7.30. The minimum Gasteiger partial charge on any atom is -0.467 e. The van der Waals surface area contributed by atoms with Gasteiger partial charge < -0.3 is 36.2 Å². The normalized spacial score (nSPS) is 19.9. The number of carbonyl (C=O) groups excluding carboxylic acids is 1. The molecule has 0 aliphatic carbocycles. The molecule has 0 spiro atoms. The summed E-state index contributed by atoms with van der Waals surface area (Å²) in [6.07, 6.45) is 5.55. The lowest BCUT2D eigenvalue weighted by Crippen LogP contribution is -2.33. The number of aromatic nitrogens is 3. The number of ether oxygens (including phenoxy) is 1. The number of nitrogen functional groups attached to an aromatic ring is 1. The predicted octanol–water partition coefficient (Wildman–Crippen LogP) is 3.37. The van der Waals surface area contributed by atoms with E-state index in [0.717, 1.165) is 24.9 Å². The van der Waals surface area contributed by atoms with Crippen LogP contribution in [0.3, 0.4) is 0 Å². The van der Waals surface area contributed by atoms with Crippen LogP contribution < -0.4 is 16.4 Å². The van der Waals surface area contributed by atoms with Crippen LogP contribution in [-0.2, 0) is 11.2 Å². The number of rotatable bonds is 11. The highest BCUT2D eigenvalue weighted by atomic mass is 16.5. The largest absolute Gasteiger partial charge is 0.467 e. The number of carbonyl (C=O) groups is 1. The Bertz CT molecular complexity index is 1270. The lowest BCUT2D eigenvalue weighted by molar-refractivity contribution is -0.0117. The summed E-state index contributed by atoms with van der Waals surface area (Å²) in [4.78, 5) is 22.6. The Morgan fingerprint density at radius 1 is 1.21 bits per heavy atom. The third-order valence-corrected chi connectivity index (χ3v) is 6.84. The van der Waals surface area contributed by atoms with Gasteiger partial charge in [0.15, 0.2) is 0 Å². The van der Waals surface area contributed by atoms with Gasteiger partial charge in [-0.2, -0.15) is 0 Å². The van der Waals surface area contributed by atoms with Crippen molar-refractivity contribution < 1.29 is 19.7 Å². The Morgan fingerprint density at radius 2 is 1.97 bits per heavy atom. The average molecular weight is 538 g/mol. The van der Waals surface area contributed by atoms with Gasteiger partial charge in [0.05, 0.1) is 5.39 Å². The van der Waals surface area contributed by atoms with Crippen molar-refractivity contribution in [1.82, 2.24) is 24.8 Å². The molecule has 1 aromatic carbocycles. The van der Waals surface area contributed by atoms with E-state index >= 15 is 0 Å². The number of aliphatic hydroxyl groups excluding tert-OH is 2. The zero-order valence-electron chi connectivity index (χ0n) is 22.7. The van der Waals surface area contributed by atoms with E-state index in [-0.39, 0.29) is 17.8 Å². The third-order valence-electron chi connectivity index (χ3n) is 6.84. The minimum absolute atomic E-state index is 0.101. The van der Waals surface area contributed by atoms with Gasteiger partial charge >= 0.3 is 6.03 Å². The molecule has 0 bridgehead atoms. The summed E-state index contributed by atoms with van der Waals surface area (Å²) >= 11 is 0. The second-order valence-corrected chi connectivity index (χ2v) is 10.1. The molecule has 0 saturated carbocycles. The van der Waals surface area contributed by atoms with Crippen LogP contribution in [0.25, 0.3) is 11.0 Å². The number of hydrogen-bond donors (Lipinski definition) is 5. The number of nitrogens with one attached hydrogen (secondary N) is 2. The third kappa shape index (κ3) is 6.79. The van der Waals surface area contributed by atoms with Crippen molar-refractivity contribution in [2.45, 2.75) is 70.9 Å². The lowest BCUT2D eigenvalue weighted by Gasteiger charge is -2.26. The first-order valence-electron chi connectivity index (χ1n) is 13.5. The quantitative estimate of drug-likeness (QED) is 0.234. The number of nitrogens with two attached hydrogens (primary N) is 1. The summed E-state index contributed by atoms with van der Waals surface area (Å²) in [7, 11) is 0. The van der Waals surface area contributed by atoms with Crippen LogP contribution in [0.1, 0.15) is 51.8 Å². The number of urea groups is 1. The van der Waals surface area contributed by atoms with E-state index in [0.29, 0.717) is 36.4 Å². The Balaban J connectivity index is 1.30. The van der Waals surface area contributed by atoms with Crippen LogP contribution in [0, 0.1) is 0 Å². The second kappa shape index (κ2) is 12.8. The van der Waals surface area contributed by atoms with E-state index in [1.807, 2.05) is 43.0 Å². The molecule has 3 atom stereocenters. The van der Waals surface area contributed by atoms with Gasteiger partial charge in [-0.05, 0) is 56.9 Å². The summed E-state index contributed by atoms with van der Waals surface area (Å²) in [5, 5.41) is 27.9. The van der Waals surface area contributed by atoms with Crippen molar-refractivity contribution in [3.05, 3.63) is 60.4 Å². The zero-order chi connectivity index (χ0) is 27.9. The van der Waals surface area contributed by atoms with Crippen LogP contribution in [0.2, 0.25) is 0 Å². The number of amides is 2. The Hall–Kier alpha value is -3.83. The van der Waals surface area contributed by atoms with Gasteiger partial charge in [0.2, 0.25) is 6.23 Å². The van der Waals surface area contributed by atoms with Gasteiger partial charge in [0, 0.05) is 37.2 Å². The van der Waals surface area contributed by atoms with Crippen LogP contribution >= 0.6 is 0 Å². The molecule has 1 aliphatic rings. The van der Waals surface area contributed by atoms with Gasteiger partial charge in [0.25, 0.3) is 0 Å². The molecule has 6 N–H and O–H groups in total. The van der Waals surface area contributed by atoms with E-state index in [2.05, 4.69) is 27.5 Å². The molecule has 1 saturated heterocycles. The highest BCUT2D eigenvalue weighted by Crippen LogP contribution is 2.35. The fraction of sp³-hybridized carbons (Fsp3) is 0.464. The van der Waals surface area contributed by atoms with E-state index in [9.17, 15) is 15.0 Å². The van der Waals surface area contributed by atoms with Crippen molar-refractivity contribution in [2.24, 2.45) is 0 Å². The highest BCUT2D eigenvalue weighted by molar-refractivity contribution is 5.89. The molecule has 4 rings (SSSR count). The summed E-state index contributed by atoms with van der Waals surface area (Å²) in [6, 6.07) is 9.53. The standard InChI is InChI=1S/C28H39N7O4/c1-4-5-7-19-8-10-20(11-9-19)33-28(38)30-13-6-14-34(18(2)3)16-22-23(36)24(37)27(39-22)35-15-12-21-25(29)31-17-32-26(21)35/h8-12,15-18,23-24,27,36-37H,4-7,13-14H2,1-3H3,(H2,29,31,32)(H2,30,33,38)/b22-16+/t23-,24-,27?/m1/s1. The Morgan fingerprint density at radius 3 is 2.69 bits per heavy atom. The average Bonchev–Trinajstić information content (AvgIpc) is 3.47. The number of anilines is 2. The number of fused-ring (bicyclic) bond motifs is 1. The molecule has 11 nitrogen and oxygen atoms in total. The van der Waals surface area contributed by atoms with E-state index < -0.39 is 18.4 Å². The molecule has 11 heteroatoms. The Labute approximate surface area is 228 Å². The molecule has 1 aliphatic heterocycles. The lowest BCUT2D eigenvalue weighted by atomic mass is 10.1. The maximum atomic E-state index is 12.3. The molecule has 39 heavy (non-hydrogen) atoms. The number of unbranched alkanes of at least 4 members (excludes halogenated alkanes) is 1. The fourth-order valence-corrected chi connectivity index (χ4v) is 4.54. The first-order chi connectivity index (χ1) is 18.8. The van der Waals surface area contributed by atoms with Crippen molar-refractivity contribution in [3.63, 3.8) is 0 Å². The smallest absolute Gasteiger partial charge is 0.319 e. The first kappa shape index (κ1) is 28.2. The summed E-state index contributed by atoms with van der Waals surface area (Å²) in [5.74, 6) is 0.592. The molecule has 210 valence electrons. The predicted molar refractivity (Wildman–Crippen MR) is 151 cm³/mol. The molecule has 1 fully saturated rings. The van der Waals surface area contributed by atoms with E-state index in [4.69, 9.17) is 10.5 Å². The maximum Gasteiger partial charge on any atom is 0.319 e. The summed E-state index contributed by atoms with van der Waals surface area (Å²) < 4.78 is 7.64. The molecule has 2 amide bonds. The number of hydrogen-bond acceptors (Lipinski definition) is 8. The van der Waals surface area contributed by atoms with E-state index in [1.54, 1.807) is 23.0 Å². The van der Waals surface area contributed by atoms with Crippen LogP contribution in [0.15, 0.2) is 54.8 Å². The van der Waals surface area contributed by atoms with Gasteiger partial charge in [-0.15, -0.1) is 0 Å². The van der Waals surface area contributed by atoms with Crippen molar-refractivity contribution in [2.75, 3.05) is 24.1 Å². The molecule has 0 radical (unpaired) electrons. The number of aliphatic hydroxyl groups is 2. The second-order valence-electron chi connectivity index (χ2n) is 10.1. The SMILES string of the molecule is CCCCc1ccc(NC(=O)NCCCN(/C=C2/OC(n3ccc4c(N)ncnc43)[C@H](O)[C@@H]2O)C(C)C)cc1. The molecule has 3 aromatic rings. The van der Waals surface area contributed by atoms with Crippen molar-refractivity contribution in [1.29, 1.82) is 0 Å². The molecule has 2 aromatic heterocycles. The van der Waals surface area contributed by atoms with Crippen LogP contribution in [0.5, 0.6) is 0 Å². The van der Waals surface area contributed by atoms with Crippen molar-refractivity contribution in [3.8, 4) is 0 Å². The first-order valence-corrected chi connectivity index (χ1v) is 13.5. The van der Waals surface area contributed by atoms with Gasteiger partial charge in [-0.3, -0.25) is 4.57 Å². The topological polar surface area (TPSA) is 151 Å². The molecular formula is C28H39N7O4. The zero-order valence-corrected chi connectivity index (χ0v) is 22.7. The Kier molecular flexibility index (Phi) is 9.26. The van der Waals surface area contributed by atoms with Crippen LogP contribution in [-0.4, -0.2) is 67.0 Å². The molecular weight excluding hydrogens is 498 g/mol. The van der Waals surface area contributed by atoms with Gasteiger partial charge in [0.1, 0.15) is 35.8 Å². The monoisotopic (exact) mass is 537 g/mol. The number of benzene rings is 1. The van der Waals surface area contributed by atoms with Gasteiger partial charge in [-0.1, -0.05) is 25.5 Å². The molecule has 1 unspecified atom stereocenters.